The third-order valence-corrected chi connectivity index (χ3v) is 2.38. The first-order valence-electron chi connectivity index (χ1n) is 5.51. The van der Waals surface area contributed by atoms with Gasteiger partial charge in [-0.3, -0.25) is 4.79 Å². The Morgan fingerprint density at radius 3 is 2.36 bits per heavy atom. The van der Waals surface area contributed by atoms with Crippen molar-refractivity contribution in [2.24, 2.45) is 11.8 Å². The van der Waals surface area contributed by atoms with Crippen LogP contribution in [0.1, 0.15) is 27.7 Å². The number of nitrogens with zero attached hydrogens (tertiary/aromatic N) is 1. The molecule has 14 heavy (non-hydrogen) atoms. The number of carbonyl (C=O) groups is 1. The molecule has 1 saturated heterocycles. The van der Waals surface area contributed by atoms with Crippen LogP contribution in [0.5, 0.6) is 0 Å². The van der Waals surface area contributed by atoms with Crippen LogP contribution in [0.25, 0.3) is 0 Å². The van der Waals surface area contributed by atoms with E-state index >= 15 is 0 Å². The van der Waals surface area contributed by atoms with Crippen molar-refractivity contribution in [3.05, 3.63) is 0 Å². The lowest BCUT2D eigenvalue weighted by molar-refractivity contribution is -0.130. The van der Waals surface area contributed by atoms with Gasteiger partial charge >= 0.3 is 0 Å². The molecule has 1 heterocycles. The fourth-order valence-electron chi connectivity index (χ4n) is 1.80. The van der Waals surface area contributed by atoms with Gasteiger partial charge in [0.15, 0.2) is 0 Å². The van der Waals surface area contributed by atoms with Crippen LogP contribution < -0.4 is 5.32 Å². The van der Waals surface area contributed by atoms with Gasteiger partial charge in [-0.1, -0.05) is 13.8 Å². The van der Waals surface area contributed by atoms with Gasteiger partial charge in [0.25, 0.3) is 0 Å². The minimum atomic E-state index is 0.222. The summed E-state index contributed by atoms with van der Waals surface area (Å²) in [7, 11) is 0. The van der Waals surface area contributed by atoms with Gasteiger partial charge in [-0.2, -0.15) is 0 Å². The zero-order valence-electron chi connectivity index (χ0n) is 9.71. The highest BCUT2D eigenvalue weighted by molar-refractivity contribution is 5.80. The van der Waals surface area contributed by atoms with Crippen LogP contribution in [0, 0.1) is 11.8 Å². The summed E-state index contributed by atoms with van der Waals surface area (Å²) in [6, 6.07) is 0.265. The molecule has 1 aliphatic rings. The Labute approximate surface area is 86.9 Å². The Morgan fingerprint density at radius 2 is 1.93 bits per heavy atom. The molecule has 82 valence electrons. The van der Waals surface area contributed by atoms with E-state index in [4.69, 9.17) is 0 Å². The molecule has 0 bridgehead atoms. The van der Waals surface area contributed by atoms with Crippen molar-refractivity contribution in [1.29, 1.82) is 0 Å². The second-order valence-electron chi connectivity index (χ2n) is 4.97. The molecular formula is C11H22N2O. The zero-order chi connectivity index (χ0) is 10.7. The van der Waals surface area contributed by atoms with Crippen LogP contribution in [0.4, 0.5) is 0 Å². The second-order valence-corrected chi connectivity index (χ2v) is 4.97. The molecule has 1 rings (SSSR count). The highest BCUT2D eigenvalue weighted by atomic mass is 16.2. The van der Waals surface area contributed by atoms with Crippen LogP contribution in [0.2, 0.25) is 0 Å². The van der Waals surface area contributed by atoms with E-state index in [0.29, 0.717) is 5.92 Å². The van der Waals surface area contributed by atoms with Crippen LogP contribution in [-0.4, -0.2) is 36.5 Å². The van der Waals surface area contributed by atoms with Crippen molar-refractivity contribution in [2.75, 3.05) is 19.6 Å². The largest absolute Gasteiger partial charge is 0.354 e. The molecule has 0 aliphatic carbocycles. The maximum Gasteiger partial charge on any atom is 0.225 e. The predicted octanol–water partition coefficient (Wildman–Crippen LogP) is 1.10. The molecule has 3 nitrogen and oxygen atoms in total. The number of rotatable bonds is 4. The average molecular weight is 198 g/mol. The van der Waals surface area contributed by atoms with Crippen molar-refractivity contribution >= 4 is 5.91 Å². The number of hydrogen-bond donors (Lipinski definition) is 1. The first kappa shape index (κ1) is 11.5. The van der Waals surface area contributed by atoms with Gasteiger partial charge in [0.05, 0.1) is 5.92 Å². The smallest absolute Gasteiger partial charge is 0.225 e. The van der Waals surface area contributed by atoms with Gasteiger partial charge in [0, 0.05) is 25.7 Å². The number of amides is 1. The van der Waals surface area contributed by atoms with E-state index in [1.54, 1.807) is 0 Å². The third-order valence-electron chi connectivity index (χ3n) is 2.38. The number of likely N-dealkylation sites (tertiary alicyclic amines) is 1. The molecule has 1 aliphatic heterocycles. The second kappa shape index (κ2) is 4.78. The van der Waals surface area contributed by atoms with Crippen molar-refractivity contribution in [3.63, 3.8) is 0 Å². The Bertz CT molecular complexity index is 195. The highest BCUT2D eigenvalue weighted by Crippen LogP contribution is 2.17. The molecule has 0 radical (unpaired) electrons. The van der Waals surface area contributed by atoms with Gasteiger partial charge in [0.1, 0.15) is 0 Å². The van der Waals surface area contributed by atoms with Crippen molar-refractivity contribution < 1.29 is 4.79 Å². The minimum Gasteiger partial charge on any atom is -0.354 e. The van der Waals surface area contributed by atoms with Crippen LogP contribution in [0.3, 0.4) is 0 Å². The van der Waals surface area contributed by atoms with Crippen molar-refractivity contribution in [1.82, 2.24) is 10.2 Å². The monoisotopic (exact) mass is 198 g/mol. The lowest BCUT2D eigenvalue weighted by Crippen LogP contribution is -2.55. The molecule has 1 N–H and O–H groups in total. The quantitative estimate of drug-likeness (QED) is 0.733. The Morgan fingerprint density at radius 1 is 1.36 bits per heavy atom. The lowest BCUT2D eigenvalue weighted by atomic mass is 9.97. The molecule has 0 aromatic carbocycles. The number of nitrogens with one attached hydrogen (secondary N) is 1. The van der Waals surface area contributed by atoms with E-state index < -0.39 is 0 Å². The summed E-state index contributed by atoms with van der Waals surface area (Å²) >= 11 is 0. The average Bonchev–Trinajstić information content (AvgIpc) is 1.93. The van der Waals surface area contributed by atoms with Gasteiger partial charge in [0.2, 0.25) is 5.91 Å². The lowest BCUT2D eigenvalue weighted by Gasteiger charge is -2.39. The summed E-state index contributed by atoms with van der Waals surface area (Å²) in [4.78, 5) is 13.9. The fraction of sp³-hybridized carbons (Fsp3) is 0.909. The van der Waals surface area contributed by atoms with Gasteiger partial charge in [-0.05, 0) is 19.8 Å². The molecule has 0 spiro atoms. The van der Waals surface area contributed by atoms with E-state index in [1.165, 1.54) is 0 Å². The first-order valence-corrected chi connectivity index (χ1v) is 5.51. The molecule has 1 fully saturated rings. The topological polar surface area (TPSA) is 32.3 Å². The molecule has 1 amide bonds. The van der Waals surface area contributed by atoms with Gasteiger partial charge in [-0.15, -0.1) is 0 Å². The van der Waals surface area contributed by atoms with Crippen molar-refractivity contribution in [2.45, 2.75) is 33.7 Å². The summed E-state index contributed by atoms with van der Waals surface area (Å²) < 4.78 is 0. The van der Waals surface area contributed by atoms with E-state index in [0.717, 1.165) is 19.6 Å². The van der Waals surface area contributed by atoms with Gasteiger partial charge in [-0.25, -0.2) is 0 Å². The Kier molecular flexibility index (Phi) is 3.93. The van der Waals surface area contributed by atoms with Crippen LogP contribution >= 0.6 is 0 Å². The molecule has 0 unspecified atom stereocenters. The number of carbonyl (C=O) groups excluding carboxylic acids is 1. The van der Waals surface area contributed by atoms with E-state index in [-0.39, 0.29) is 17.9 Å². The van der Waals surface area contributed by atoms with E-state index in [9.17, 15) is 4.79 Å². The van der Waals surface area contributed by atoms with E-state index in [1.807, 2.05) is 13.8 Å². The predicted molar refractivity (Wildman–Crippen MR) is 58.0 cm³/mol. The molecule has 0 saturated carbocycles. The third kappa shape index (κ3) is 3.29. The first-order chi connectivity index (χ1) is 6.49. The molecule has 0 aromatic heterocycles. The minimum absolute atomic E-state index is 0.222. The summed E-state index contributed by atoms with van der Waals surface area (Å²) in [5, 5.41) is 2.95. The fourth-order valence-corrected chi connectivity index (χ4v) is 1.80. The summed E-state index contributed by atoms with van der Waals surface area (Å²) in [6.45, 7) is 11.4. The van der Waals surface area contributed by atoms with Crippen LogP contribution in [0.15, 0.2) is 0 Å². The molecule has 3 heteroatoms. The number of hydrogen-bond acceptors (Lipinski definition) is 2. The van der Waals surface area contributed by atoms with Crippen LogP contribution in [-0.2, 0) is 4.79 Å². The molecule has 0 atom stereocenters. The standard InChI is InChI=1S/C11H22N2O/c1-8(2)5-13-6-10(7-13)11(14)12-9(3)4/h8-10H,5-7H2,1-4H3,(H,12,14). The summed E-state index contributed by atoms with van der Waals surface area (Å²) in [6.07, 6.45) is 0. The summed E-state index contributed by atoms with van der Waals surface area (Å²) in [5.41, 5.74) is 0. The molecule has 0 aromatic rings. The SMILES string of the molecule is CC(C)CN1CC(C(=O)NC(C)C)C1. The maximum absolute atomic E-state index is 11.5. The highest BCUT2D eigenvalue weighted by Gasteiger charge is 2.32. The zero-order valence-corrected chi connectivity index (χ0v) is 9.71. The Hall–Kier alpha value is -0.570. The normalized spacial score (nSPS) is 18.7. The van der Waals surface area contributed by atoms with Crippen molar-refractivity contribution in [3.8, 4) is 0 Å². The maximum atomic E-state index is 11.5. The van der Waals surface area contributed by atoms with Gasteiger partial charge < -0.3 is 10.2 Å². The van der Waals surface area contributed by atoms with E-state index in [2.05, 4.69) is 24.1 Å². The summed E-state index contributed by atoms with van der Waals surface area (Å²) in [5.74, 6) is 1.15. The molecular weight excluding hydrogens is 176 g/mol. The Balaban J connectivity index is 2.17.